The summed E-state index contributed by atoms with van der Waals surface area (Å²) in [6.45, 7) is 2.64. The van der Waals surface area contributed by atoms with E-state index in [-0.39, 0.29) is 0 Å². The first-order valence-electron chi connectivity index (χ1n) is 6.79. The maximum atomic E-state index is 6.09. The number of anilines is 1. The molecule has 0 bridgehead atoms. The fourth-order valence-corrected chi connectivity index (χ4v) is 2.56. The summed E-state index contributed by atoms with van der Waals surface area (Å²) < 4.78 is 7.12. The summed E-state index contributed by atoms with van der Waals surface area (Å²) in [6.07, 6.45) is 5.41. The van der Waals surface area contributed by atoms with Crippen LogP contribution in [0.15, 0.2) is 30.9 Å². The number of rotatable bonds is 4. The number of halogens is 1. The molecule has 0 aliphatic carbocycles. The summed E-state index contributed by atoms with van der Waals surface area (Å²) in [6, 6.07) is 5.74. The molecule has 1 saturated heterocycles. The first-order chi connectivity index (χ1) is 9.83. The fourth-order valence-electron chi connectivity index (χ4n) is 2.39. The van der Waals surface area contributed by atoms with Gasteiger partial charge in [0.2, 0.25) is 0 Å². The van der Waals surface area contributed by atoms with Crippen molar-refractivity contribution < 1.29 is 4.74 Å². The zero-order valence-electron chi connectivity index (χ0n) is 11.1. The van der Waals surface area contributed by atoms with E-state index in [0.29, 0.717) is 10.9 Å². The van der Waals surface area contributed by atoms with Gasteiger partial charge < -0.3 is 10.1 Å². The molecule has 20 heavy (non-hydrogen) atoms. The Labute approximate surface area is 122 Å². The van der Waals surface area contributed by atoms with Crippen LogP contribution in [0.25, 0.3) is 5.69 Å². The van der Waals surface area contributed by atoms with E-state index in [0.717, 1.165) is 44.0 Å². The summed E-state index contributed by atoms with van der Waals surface area (Å²) in [5.41, 5.74) is 1.94. The maximum Gasteiger partial charge on any atom is 0.138 e. The lowest BCUT2D eigenvalue weighted by molar-refractivity contribution is 0.0699. The Morgan fingerprint density at radius 3 is 2.95 bits per heavy atom. The minimum atomic E-state index is 0.645. The zero-order valence-corrected chi connectivity index (χ0v) is 11.9. The van der Waals surface area contributed by atoms with Crippen molar-refractivity contribution in [2.75, 3.05) is 25.1 Å². The molecule has 1 aromatic heterocycles. The van der Waals surface area contributed by atoms with Gasteiger partial charge in [0, 0.05) is 24.8 Å². The van der Waals surface area contributed by atoms with Crippen molar-refractivity contribution in [1.82, 2.24) is 14.8 Å². The molecule has 1 N–H and O–H groups in total. The Kier molecular flexibility index (Phi) is 4.18. The van der Waals surface area contributed by atoms with Crippen LogP contribution in [0.3, 0.4) is 0 Å². The molecule has 0 atom stereocenters. The molecular formula is C14H17ClN4O. The van der Waals surface area contributed by atoms with E-state index in [1.807, 2.05) is 18.2 Å². The number of hydrogen-bond donors (Lipinski definition) is 1. The summed E-state index contributed by atoms with van der Waals surface area (Å²) in [5.74, 6) is 0.645. The molecule has 1 fully saturated rings. The molecule has 2 heterocycles. The third-order valence-electron chi connectivity index (χ3n) is 3.55. The third kappa shape index (κ3) is 3.11. The van der Waals surface area contributed by atoms with Gasteiger partial charge in [-0.2, -0.15) is 5.10 Å². The molecule has 0 radical (unpaired) electrons. The number of nitrogens with zero attached hydrogens (tertiary/aromatic N) is 3. The predicted molar refractivity (Wildman–Crippen MR) is 78.4 cm³/mol. The monoisotopic (exact) mass is 292 g/mol. The molecule has 0 unspecified atom stereocenters. The Hall–Kier alpha value is -1.59. The molecule has 0 spiro atoms. The summed E-state index contributed by atoms with van der Waals surface area (Å²) in [4.78, 5) is 3.99. The number of ether oxygens (including phenoxy) is 1. The predicted octanol–water partition coefficient (Wildman–Crippen LogP) is 2.76. The highest BCUT2D eigenvalue weighted by molar-refractivity contribution is 6.31. The number of hydrogen-bond acceptors (Lipinski definition) is 4. The van der Waals surface area contributed by atoms with Crippen molar-refractivity contribution in [3.8, 4) is 5.69 Å². The van der Waals surface area contributed by atoms with Crippen molar-refractivity contribution >= 4 is 17.3 Å². The highest BCUT2D eigenvalue weighted by atomic mass is 35.5. The van der Waals surface area contributed by atoms with Gasteiger partial charge in [-0.1, -0.05) is 11.6 Å². The quantitative estimate of drug-likeness (QED) is 0.941. The fraction of sp³-hybridized carbons (Fsp3) is 0.429. The number of nitrogens with one attached hydrogen (secondary N) is 1. The van der Waals surface area contributed by atoms with Crippen molar-refractivity contribution in [1.29, 1.82) is 0 Å². The lowest BCUT2D eigenvalue weighted by Crippen LogP contribution is -2.23. The third-order valence-corrected chi connectivity index (χ3v) is 3.78. The minimum absolute atomic E-state index is 0.645. The largest absolute Gasteiger partial charge is 0.383 e. The maximum absolute atomic E-state index is 6.09. The van der Waals surface area contributed by atoms with Gasteiger partial charge in [-0.3, -0.25) is 0 Å². The smallest absolute Gasteiger partial charge is 0.138 e. The molecule has 1 aliphatic rings. The molecule has 5 nitrogen and oxygen atoms in total. The zero-order chi connectivity index (χ0) is 13.8. The Balaban J connectivity index is 1.75. The van der Waals surface area contributed by atoms with Crippen molar-refractivity contribution in [3.05, 3.63) is 35.9 Å². The standard InChI is InChI=1S/C14H17ClN4O/c15-12-1-2-14(19-10-16-9-18-19)13(7-12)17-8-11-3-5-20-6-4-11/h1-2,7,9-11,17H,3-6,8H2. The van der Waals surface area contributed by atoms with Crippen molar-refractivity contribution in [2.24, 2.45) is 5.92 Å². The number of aromatic nitrogens is 3. The highest BCUT2D eigenvalue weighted by Gasteiger charge is 2.14. The lowest BCUT2D eigenvalue weighted by Gasteiger charge is -2.23. The van der Waals surface area contributed by atoms with Gasteiger partial charge in [0.05, 0.1) is 11.4 Å². The van der Waals surface area contributed by atoms with Gasteiger partial charge in [0.25, 0.3) is 0 Å². The van der Waals surface area contributed by atoms with Gasteiger partial charge in [0.15, 0.2) is 0 Å². The van der Waals surface area contributed by atoms with E-state index in [2.05, 4.69) is 15.4 Å². The van der Waals surface area contributed by atoms with E-state index < -0.39 is 0 Å². The van der Waals surface area contributed by atoms with E-state index in [1.165, 1.54) is 6.33 Å². The SMILES string of the molecule is Clc1ccc(-n2cncn2)c(NCC2CCOCC2)c1. The van der Waals surface area contributed by atoms with Gasteiger partial charge in [-0.25, -0.2) is 9.67 Å². The van der Waals surface area contributed by atoms with Crippen LogP contribution in [-0.4, -0.2) is 34.5 Å². The molecule has 6 heteroatoms. The van der Waals surface area contributed by atoms with E-state index >= 15 is 0 Å². The van der Waals surface area contributed by atoms with Gasteiger partial charge >= 0.3 is 0 Å². The summed E-state index contributed by atoms with van der Waals surface area (Å²) in [5, 5.41) is 8.37. The van der Waals surface area contributed by atoms with E-state index in [9.17, 15) is 0 Å². The minimum Gasteiger partial charge on any atom is -0.383 e. The first kappa shape index (κ1) is 13.4. The molecule has 0 saturated carbocycles. The van der Waals surface area contributed by atoms with E-state index in [1.54, 1.807) is 11.0 Å². The van der Waals surface area contributed by atoms with Gasteiger partial charge in [-0.05, 0) is 37.0 Å². The molecule has 1 aromatic carbocycles. The molecule has 0 amide bonds. The van der Waals surface area contributed by atoms with Gasteiger partial charge in [0.1, 0.15) is 12.7 Å². The highest BCUT2D eigenvalue weighted by Crippen LogP contribution is 2.25. The summed E-state index contributed by atoms with van der Waals surface area (Å²) in [7, 11) is 0. The summed E-state index contributed by atoms with van der Waals surface area (Å²) >= 11 is 6.09. The molecule has 1 aliphatic heterocycles. The lowest BCUT2D eigenvalue weighted by atomic mass is 10.0. The normalized spacial score (nSPS) is 16.2. The van der Waals surface area contributed by atoms with Crippen LogP contribution in [0, 0.1) is 5.92 Å². The molecule has 106 valence electrons. The molecule has 3 rings (SSSR count). The van der Waals surface area contributed by atoms with Crippen LogP contribution in [-0.2, 0) is 4.74 Å². The van der Waals surface area contributed by atoms with E-state index in [4.69, 9.17) is 16.3 Å². The second kappa shape index (κ2) is 6.24. The van der Waals surface area contributed by atoms with Crippen LogP contribution < -0.4 is 5.32 Å². The van der Waals surface area contributed by atoms with Crippen LogP contribution in [0.1, 0.15) is 12.8 Å². The van der Waals surface area contributed by atoms with Crippen LogP contribution >= 0.6 is 11.6 Å². The van der Waals surface area contributed by atoms with Crippen LogP contribution in [0.4, 0.5) is 5.69 Å². The average Bonchev–Trinajstić information content (AvgIpc) is 3.00. The second-order valence-corrected chi connectivity index (χ2v) is 5.37. The first-order valence-corrected chi connectivity index (χ1v) is 7.17. The molecular weight excluding hydrogens is 276 g/mol. The molecule has 2 aromatic rings. The topological polar surface area (TPSA) is 52.0 Å². The average molecular weight is 293 g/mol. The van der Waals surface area contributed by atoms with Gasteiger partial charge in [-0.15, -0.1) is 0 Å². The Morgan fingerprint density at radius 2 is 2.20 bits per heavy atom. The Morgan fingerprint density at radius 1 is 1.35 bits per heavy atom. The Bertz CT molecular complexity index is 552. The second-order valence-electron chi connectivity index (χ2n) is 4.94. The van der Waals surface area contributed by atoms with Crippen LogP contribution in [0.2, 0.25) is 5.02 Å². The number of benzene rings is 1. The van der Waals surface area contributed by atoms with Crippen molar-refractivity contribution in [3.63, 3.8) is 0 Å². The van der Waals surface area contributed by atoms with Crippen LogP contribution in [0.5, 0.6) is 0 Å². The van der Waals surface area contributed by atoms with Crippen molar-refractivity contribution in [2.45, 2.75) is 12.8 Å².